The summed E-state index contributed by atoms with van der Waals surface area (Å²) in [6.45, 7) is 8.16. The van der Waals surface area contributed by atoms with Gasteiger partial charge in [0.25, 0.3) is 0 Å². The highest BCUT2D eigenvalue weighted by molar-refractivity contribution is 4.71. The Morgan fingerprint density at radius 3 is 2.07 bits per heavy atom. The van der Waals surface area contributed by atoms with Gasteiger partial charge >= 0.3 is 0 Å². The predicted molar refractivity (Wildman–Crippen MR) is 67.0 cm³/mol. The normalized spacial score (nSPS) is 22.4. The van der Waals surface area contributed by atoms with E-state index < -0.39 is 0 Å². The standard InChI is InChI=1S/C13H28N2/c1-12(2)10-13(14)11-15-8-6-4-3-5-7-9-15/h12-13H,3-11,14H2,1-2H3. The number of hydrogen-bond acceptors (Lipinski definition) is 2. The van der Waals surface area contributed by atoms with Crippen molar-refractivity contribution in [1.29, 1.82) is 0 Å². The largest absolute Gasteiger partial charge is 0.327 e. The Balaban J connectivity index is 2.21. The number of nitrogens with zero attached hydrogens (tertiary/aromatic N) is 1. The van der Waals surface area contributed by atoms with Crippen LogP contribution >= 0.6 is 0 Å². The fourth-order valence-corrected chi connectivity index (χ4v) is 2.51. The summed E-state index contributed by atoms with van der Waals surface area (Å²) in [5, 5.41) is 0. The molecule has 1 unspecified atom stereocenters. The molecule has 0 aliphatic carbocycles. The SMILES string of the molecule is CC(C)CC(N)CN1CCCCCCC1. The maximum absolute atomic E-state index is 6.15. The molecule has 1 fully saturated rings. The molecule has 1 atom stereocenters. The fourth-order valence-electron chi connectivity index (χ4n) is 2.51. The molecule has 1 heterocycles. The summed E-state index contributed by atoms with van der Waals surface area (Å²) in [5.74, 6) is 0.731. The smallest absolute Gasteiger partial charge is 0.0170 e. The van der Waals surface area contributed by atoms with E-state index in [9.17, 15) is 0 Å². The van der Waals surface area contributed by atoms with Gasteiger partial charge in [-0.3, -0.25) is 0 Å². The first-order valence-corrected chi connectivity index (χ1v) is 6.66. The fraction of sp³-hybridized carbons (Fsp3) is 1.00. The Morgan fingerprint density at radius 2 is 1.53 bits per heavy atom. The zero-order valence-corrected chi connectivity index (χ0v) is 10.5. The molecule has 0 bridgehead atoms. The monoisotopic (exact) mass is 212 g/mol. The average Bonchev–Trinajstić information content (AvgIpc) is 2.08. The summed E-state index contributed by atoms with van der Waals surface area (Å²) in [6.07, 6.45) is 8.16. The Hall–Kier alpha value is -0.0800. The Kier molecular flexibility index (Phi) is 6.26. The van der Waals surface area contributed by atoms with Gasteiger partial charge < -0.3 is 10.6 Å². The van der Waals surface area contributed by atoms with E-state index in [2.05, 4.69) is 18.7 Å². The van der Waals surface area contributed by atoms with Gasteiger partial charge in [0.05, 0.1) is 0 Å². The van der Waals surface area contributed by atoms with Gasteiger partial charge in [-0.05, 0) is 38.3 Å². The molecule has 2 N–H and O–H groups in total. The van der Waals surface area contributed by atoms with E-state index in [4.69, 9.17) is 5.73 Å². The third-order valence-electron chi connectivity index (χ3n) is 3.22. The van der Waals surface area contributed by atoms with Crippen LogP contribution in [-0.4, -0.2) is 30.6 Å². The first-order chi connectivity index (χ1) is 7.18. The first kappa shape index (κ1) is 13.0. The van der Waals surface area contributed by atoms with Crippen molar-refractivity contribution in [1.82, 2.24) is 4.90 Å². The maximum atomic E-state index is 6.15. The molecule has 15 heavy (non-hydrogen) atoms. The Labute approximate surface area is 95.2 Å². The zero-order valence-electron chi connectivity index (χ0n) is 10.5. The minimum absolute atomic E-state index is 0.379. The van der Waals surface area contributed by atoms with Gasteiger partial charge in [-0.1, -0.05) is 33.1 Å². The molecule has 2 heteroatoms. The predicted octanol–water partition coefficient (Wildman–Crippen LogP) is 2.63. The van der Waals surface area contributed by atoms with Gasteiger partial charge in [-0.2, -0.15) is 0 Å². The van der Waals surface area contributed by atoms with E-state index in [1.54, 1.807) is 0 Å². The lowest BCUT2D eigenvalue weighted by atomic mass is 10.0. The second kappa shape index (κ2) is 7.24. The molecule has 0 aromatic heterocycles. The molecular formula is C13H28N2. The van der Waals surface area contributed by atoms with Crippen molar-refractivity contribution in [3.8, 4) is 0 Å². The van der Waals surface area contributed by atoms with Crippen molar-refractivity contribution < 1.29 is 0 Å². The second-order valence-corrected chi connectivity index (χ2v) is 5.46. The maximum Gasteiger partial charge on any atom is 0.0170 e. The molecule has 0 radical (unpaired) electrons. The van der Waals surface area contributed by atoms with E-state index in [-0.39, 0.29) is 0 Å². The van der Waals surface area contributed by atoms with Crippen LogP contribution in [0.5, 0.6) is 0 Å². The van der Waals surface area contributed by atoms with Crippen molar-refractivity contribution in [2.75, 3.05) is 19.6 Å². The van der Waals surface area contributed by atoms with Crippen molar-refractivity contribution in [2.45, 2.75) is 58.4 Å². The molecule has 90 valence electrons. The summed E-state index contributed by atoms with van der Waals surface area (Å²) in [4.78, 5) is 2.58. The highest BCUT2D eigenvalue weighted by Crippen LogP contribution is 2.12. The van der Waals surface area contributed by atoms with Crippen molar-refractivity contribution in [3.63, 3.8) is 0 Å². The summed E-state index contributed by atoms with van der Waals surface area (Å²) >= 11 is 0. The van der Waals surface area contributed by atoms with Crippen LogP contribution in [0.25, 0.3) is 0 Å². The molecule has 1 aliphatic rings. The summed E-state index contributed by atoms with van der Waals surface area (Å²) < 4.78 is 0. The lowest BCUT2D eigenvalue weighted by Gasteiger charge is -2.27. The van der Waals surface area contributed by atoms with Crippen LogP contribution in [-0.2, 0) is 0 Å². The van der Waals surface area contributed by atoms with Crippen LogP contribution < -0.4 is 5.73 Å². The third kappa shape index (κ3) is 6.16. The van der Waals surface area contributed by atoms with E-state index in [1.165, 1.54) is 45.2 Å². The molecule has 0 aromatic rings. The summed E-state index contributed by atoms with van der Waals surface area (Å²) in [7, 11) is 0. The van der Waals surface area contributed by atoms with Gasteiger partial charge in [-0.25, -0.2) is 0 Å². The lowest BCUT2D eigenvalue weighted by molar-refractivity contribution is 0.225. The van der Waals surface area contributed by atoms with E-state index >= 15 is 0 Å². The van der Waals surface area contributed by atoms with Gasteiger partial charge in [0, 0.05) is 12.6 Å². The zero-order chi connectivity index (χ0) is 11.1. The number of hydrogen-bond donors (Lipinski definition) is 1. The molecule has 0 saturated carbocycles. The molecule has 1 saturated heterocycles. The van der Waals surface area contributed by atoms with Gasteiger partial charge in [0.15, 0.2) is 0 Å². The second-order valence-electron chi connectivity index (χ2n) is 5.46. The van der Waals surface area contributed by atoms with Crippen molar-refractivity contribution >= 4 is 0 Å². The molecule has 2 nitrogen and oxygen atoms in total. The van der Waals surface area contributed by atoms with Crippen LogP contribution in [0.15, 0.2) is 0 Å². The van der Waals surface area contributed by atoms with Crippen LogP contribution in [0.4, 0.5) is 0 Å². The molecule has 0 amide bonds. The Bertz CT molecular complexity index is 149. The van der Waals surface area contributed by atoms with Crippen LogP contribution in [0.1, 0.15) is 52.4 Å². The minimum Gasteiger partial charge on any atom is -0.327 e. The molecule has 0 spiro atoms. The van der Waals surface area contributed by atoms with Gasteiger partial charge in [0.1, 0.15) is 0 Å². The van der Waals surface area contributed by atoms with E-state index in [0.29, 0.717) is 6.04 Å². The Morgan fingerprint density at radius 1 is 1.00 bits per heavy atom. The topological polar surface area (TPSA) is 29.3 Å². The van der Waals surface area contributed by atoms with Crippen LogP contribution in [0.3, 0.4) is 0 Å². The van der Waals surface area contributed by atoms with Crippen molar-refractivity contribution in [2.24, 2.45) is 11.7 Å². The summed E-state index contributed by atoms with van der Waals surface area (Å²) in [6, 6.07) is 0.379. The molecule has 1 aliphatic heterocycles. The number of likely N-dealkylation sites (tertiary alicyclic amines) is 1. The first-order valence-electron chi connectivity index (χ1n) is 6.66. The number of rotatable bonds is 4. The third-order valence-corrected chi connectivity index (χ3v) is 3.22. The minimum atomic E-state index is 0.379. The van der Waals surface area contributed by atoms with Crippen LogP contribution in [0, 0.1) is 5.92 Å². The lowest BCUT2D eigenvalue weighted by Crippen LogP contribution is -2.39. The highest BCUT2D eigenvalue weighted by Gasteiger charge is 2.12. The number of nitrogens with two attached hydrogens (primary N) is 1. The van der Waals surface area contributed by atoms with E-state index in [0.717, 1.165) is 18.9 Å². The van der Waals surface area contributed by atoms with Crippen LogP contribution in [0.2, 0.25) is 0 Å². The van der Waals surface area contributed by atoms with Gasteiger partial charge in [0.2, 0.25) is 0 Å². The molecule has 0 aromatic carbocycles. The summed E-state index contributed by atoms with van der Waals surface area (Å²) in [5.41, 5.74) is 6.15. The van der Waals surface area contributed by atoms with E-state index in [1.807, 2.05) is 0 Å². The highest BCUT2D eigenvalue weighted by atomic mass is 15.1. The molecular weight excluding hydrogens is 184 g/mol. The quantitative estimate of drug-likeness (QED) is 0.776. The van der Waals surface area contributed by atoms with Gasteiger partial charge in [-0.15, -0.1) is 0 Å². The molecule has 1 rings (SSSR count). The average molecular weight is 212 g/mol. The van der Waals surface area contributed by atoms with Crippen molar-refractivity contribution in [3.05, 3.63) is 0 Å².